The van der Waals surface area contributed by atoms with Crippen LogP contribution in [0.1, 0.15) is 37.7 Å². The Kier molecular flexibility index (Phi) is 5.51. The van der Waals surface area contributed by atoms with E-state index in [-0.39, 0.29) is 0 Å². The second kappa shape index (κ2) is 7.64. The molecule has 1 aliphatic heterocycles. The Morgan fingerprint density at radius 1 is 1.20 bits per heavy atom. The summed E-state index contributed by atoms with van der Waals surface area (Å²) < 4.78 is 1.04. The van der Waals surface area contributed by atoms with E-state index in [2.05, 4.69) is 33.1 Å². The van der Waals surface area contributed by atoms with E-state index < -0.39 is 11.3 Å². The Morgan fingerprint density at radius 3 is 2.48 bits per heavy atom. The first kappa shape index (κ1) is 18.0. The lowest BCUT2D eigenvalue weighted by atomic mass is 9.61. The van der Waals surface area contributed by atoms with E-state index in [1.54, 1.807) is 0 Å². The molecule has 1 aromatic carbocycles. The van der Waals surface area contributed by atoms with Gasteiger partial charge in [-0.05, 0) is 30.5 Å². The van der Waals surface area contributed by atoms with Crippen LogP contribution in [0, 0.1) is 34.0 Å². The predicted octanol–water partition coefficient (Wildman–Crippen LogP) is 4.88. The first-order chi connectivity index (χ1) is 12.1. The van der Waals surface area contributed by atoms with E-state index in [1.165, 1.54) is 11.8 Å². The van der Waals surface area contributed by atoms with Gasteiger partial charge in [0.25, 0.3) is 0 Å². The number of nitrogens with two attached hydrogens (primary N) is 1. The lowest BCUT2D eigenvalue weighted by Crippen LogP contribution is -2.44. The number of nitrogens with zero attached hydrogens (tertiary/aromatic N) is 3. The van der Waals surface area contributed by atoms with Gasteiger partial charge in [-0.2, -0.15) is 10.5 Å². The number of aliphatic imine (C=N–C) groups is 1. The van der Waals surface area contributed by atoms with E-state index >= 15 is 0 Å². The van der Waals surface area contributed by atoms with Gasteiger partial charge in [0.2, 0.25) is 0 Å². The summed E-state index contributed by atoms with van der Waals surface area (Å²) in [5.74, 6) is 0.596. The summed E-state index contributed by atoms with van der Waals surface area (Å²) in [6, 6.07) is 12.8. The number of nitriles is 2. The molecule has 0 saturated heterocycles. The molecule has 0 amide bonds. The van der Waals surface area contributed by atoms with E-state index in [4.69, 9.17) is 5.73 Å². The molecule has 1 saturated carbocycles. The largest absolute Gasteiger partial charge is 0.386 e. The number of amidine groups is 1. The quantitative estimate of drug-likeness (QED) is 0.763. The van der Waals surface area contributed by atoms with Crippen LogP contribution in [0.25, 0.3) is 0 Å². The average Bonchev–Trinajstić information content (AvgIpc) is 2.62. The maximum absolute atomic E-state index is 9.87. The molecule has 25 heavy (non-hydrogen) atoms. The second-order valence-electron chi connectivity index (χ2n) is 6.52. The molecule has 2 aliphatic rings. The normalized spacial score (nSPS) is 22.2. The number of benzene rings is 1. The zero-order valence-electron chi connectivity index (χ0n) is 13.8. The Morgan fingerprint density at radius 2 is 1.88 bits per heavy atom. The summed E-state index contributed by atoms with van der Waals surface area (Å²) >= 11 is 4.97. The van der Waals surface area contributed by atoms with Crippen LogP contribution in [0.4, 0.5) is 0 Å². The minimum absolute atomic E-state index is 0.363. The number of thioether (sulfide) groups is 1. The van der Waals surface area contributed by atoms with Crippen molar-refractivity contribution in [2.45, 2.75) is 37.9 Å². The van der Waals surface area contributed by atoms with E-state index in [9.17, 15) is 10.5 Å². The zero-order valence-corrected chi connectivity index (χ0v) is 16.2. The highest BCUT2D eigenvalue weighted by Crippen LogP contribution is 2.52. The molecule has 1 heterocycles. The fourth-order valence-corrected chi connectivity index (χ4v) is 5.11. The molecular formula is C19H19BrN4S. The first-order valence-corrected chi connectivity index (χ1v) is 10.1. The number of rotatable bonds is 3. The zero-order chi connectivity index (χ0) is 17.9. The lowest BCUT2D eigenvalue weighted by Gasteiger charge is -2.42. The van der Waals surface area contributed by atoms with Crippen LogP contribution < -0.4 is 5.73 Å². The lowest BCUT2D eigenvalue weighted by molar-refractivity contribution is 0.215. The summed E-state index contributed by atoms with van der Waals surface area (Å²) in [5.41, 5.74) is 7.53. The maximum atomic E-state index is 9.87. The predicted molar refractivity (Wildman–Crippen MR) is 104 cm³/mol. The monoisotopic (exact) mass is 414 g/mol. The van der Waals surface area contributed by atoms with Crippen molar-refractivity contribution >= 4 is 33.5 Å². The molecule has 3 rings (SSSR count). The van der Waals surface area contributed by atoms with Crippen molar-refractivity contribution in [3.8, 4) is 12.1 Å². The van der Waals surface area contributed by atoms with Crippen LogP contribution in [0.15, 0.2) is 44.3 Å². The molecule has 1 spiro atoms. The van der Waals surface area contributed by atoms with Crippen LogP contribution in [0.3, 0.4) is 0 Å². The highest BCUT2D eigenvalue weighted by molar-refractivity contribution is 9.10. The molecule has 1 fully saturated rings. The van der Waals surface area contributed by atoms with Gasteiger partial charge < -0.3 is 5.73 Å². The number of hydrogen-bond acceptors (Lipinski definition) is 5. The van der Waals surface area contributed by atoms with Gasteiger partial charge >= 0.3 is 0 Å². The van der Waals surface area contributed by atoms with Gasteiger partial charge in [-0.15, -0.1) is 11.8 Å². The summed E-state index contributed by atoms with van der Waals surface area (Å²) in [6.45, 7) is 0. The Bertz CT molecular complexity index is 792. The van der Waals surface area contributed by atoms with Crippen molar-refractivity contribution in [2.24, 2.45) is 22.1 Å². The SMILES string of the molecule is N#CC1=C(SCc2ccc(Br)cc2)N=C(N)C(C#N)C12CCCCC2. The van der Waals surface area contributed by atoms with Crippen molar-refractivity contribution in [2.75, 3.05) is 0 Å². The summed E-state index contributed by atoms with van der Waals surface area (Å²) in [5, 5.41) is 20.2. The minimum Gasteiger partial charge on any atom is -0.386 e. The van der Waals surface area contributed by atoms with Crippen LogP contribution >= 0.6 is 27.7 Å². The molecule has 1 atom stereocenters. The number of halogens is 1. The van der Waals surface area contributed by atoms with Crippen molar-refractivity contribution < 1.29 is 0 Å². The third kappa shape index (κ3) is 3.47. The fourth-order valence-electron chi connectivity index (χ4n) is 3.79. The highest BCUT2D eigenvalue weighted by atomic mass is 79.9. The maximum Gasteiger partial charge on any atom is 0.119 e. The Hall–Kier alpha value is -1.76. The Labute approximate surface area is 160 Å². The summed E-state index contributed by atoms with van der Waals surface area (Å²) in [7, 11) is 0. The minimum atomic E-state index is -0.487. The summed E-state index contributed by atoms with van der Waals surface area (Å²) in [4.78, 5) is 4.45. The molecule has 1 aromatic rings. The highest BCUT2D eigenvalue weighted by Gasteiger charge is 2.49. The Balaban J connectivity index is 1.93. The molecule has 1 unspecified atom stereocenters. The van der Waals surface area contributed by atoms with Crippen LogP contribution in [0.2, 0.25) is 0 Å². The van der Waals surface area contributed by atoms with E-state index in [0.717, 1.165) is 47.9 Å². The average molecular weight is 415 g/mol. The van der Waals surface area contributed by atoms with Gasteiger partial charge in [0.15, 0.2) is 0 Å². The van der Waals surface area contributed by atoms with Gasteiger partial charge in [-0.3, -0.25) is 0 Å². The summed E-state index contributed by atoms with van der Waals surface area (Å²) in [6.07, 6.45) is 4.89. The van der Waals surface area contributed by atoms with Gasteiger partial charge in [-0.1, -0.05) is 47.3 Å². The van der Waals surface area contributed by atoms with Crippen molar-refractivity contribution in [1.29, 1.82) is 10.5 Å². The smallest absolute Gasteiger partial charge is 0.119 e. The van der Waals surface area contributed by atoms with Crippen molar-refractivity contribution in [3.05, 3.63) is 44.9 Å². The second-order valence-corrected chi connectivity index (χ2v) is 8.40. The van der Waals surface area contributed by atoms with Gasteiger partial charge in [0.1, 0.15) is 16.8 Å². The third-order valence-corrected chi connectivity index (χ3v) is 6.64. The van der Waals surface area contributed by atoms with Gasteiger partial charge in [-0.25, -0.2) is 4.99 Å². The van der Waals surface area contributed by atoms with E-state index in [0.29, 0.717) is 16.4 Å². The van der Waals surface area contributed by atoms with Crippen molar-refractivity contribution in [1.82, 2.24) is 0 Å². The number of hydrogen-bond donors (Lipinski definition) is 1. The molecule has 2 N–H and O–H groups in total. The van der Waals surface area contributed by atoms with E-state index in [1.807, 2.05) is 24.3 Å². The van der Waals surface area contributed by atoms with Gasteiger partial charge in [0, 0.05) is 15.6 Å². The molecule has 0 bridgehead atoms. The van der Waals surface area contributed by atoms with Gasteiger partial charge in [0.05, 0.1) is 17.7 Å². The topological polar surface area (TPSA) is 86.0 Å². The fraction of sp³-hybridized carbons (Fsp3) is 0.421. The van der Waals surface area contributed by atoms with Crippen LogP contribution in [0.5, 0.6) is 0 Å². The standard InChI is InChI=1S/C19H19BrN4S/c20-14-6-4-13(5-7-14)12-25-18-16(11-22)19(8-2-1-3-9-19)15(10-21)17(23)24-18/h4-7,15H,1-3,8-9,12H2,(H2,23,24). The molecule has 0 aromatic heterocycles. The number of allylic oxidation sites excluding steroid dienone is 1. The molecule has 1 aliphatic carbocycles. The van der Waals surface area contributed by atoms with Crippen LogP contribution in [-0.2, 0) is 5.75 Å². The first-order valence-electron chi connectivity index (χ1n) is 8.36. The molecular weight excluding hydrogens is 396 g/mol. The molecule has 6 heteroatoms. The van der Waals surface area contributed by atoms with Crippen LogP contribution in [-0.4, -0.2) is 5.84 Å². The van der Waals surface area contributed by atoms with Crippen molar-refractivity contribution in [3.63, 3.8) is 0 Å². The third-order valence-electron chi connectivity index (χ3n) is 5.07. The molecule has 4 nitrogen and oxygen atoms in total. The molecule has 0 radical (unpaired) electrons. The molecule has 128 valence electrons.